The molecule has 193 valence electrons. The fraction of sp³-hybridized carbons (Fsp3) is 0.200. The Kier molecular flexibility index (Phi) is 7.26. The third kappa shape index (κ3) is 7.13. The maximum Gasteiger partial charge on any atom is 0.0352 e. The second-order valence-electron chi connectivity index (χ2n) is 9.06. The van der Waals surface area contributed by atoms with Gasteiger partial charge in [-0.25, -0.2) is 0 Å². The second-order valence-corrected chi connectivity index (χ2v) is 9.06. The smallest absolute Gasteiger partial charge is 0.0352 e. The van der Waals surface area contributed by atoms with Gasteiger partial charge in [0, 0.05) is 40.7 Å². The van der Waals surface area contributed by atoms with Crippen LogP contribution in [0.4, 0.5) is 0 Å². The molecule has 0 atom stereocenters. The van der Waals surface area contributed by atoms with E-state index in [0.29, 0.717) is 16.8 Å². The molecule has 3 aromatic carbocycles. The number of aromatic nitrogens is 2. The van der Waals surface area contributed by atoms with Gasteiger partial charge in [-0.2, -0.15) is 0 Å². The van der Waals surface area contributed by atoms with Crippen LogP contribution < -0.4 is 0 Å². The summed E-state index contributed by atoms with van der Waals surface area (Å²) in [5.41, 5.74) is 7.49. The Bertz CT molecular complexity index is 1620. The van der Waals surface area contributed by atoms with Crippen molar-refractivity contribution in [3.8, 4) is 33.6 Å². The topological polar surface area (TPSA) is 25.8 Å². The number of aryl methyl sites for hydroxylation is 2. The fourth-order valence-electron chi connectivity index (χ4n) is 4.45. The number of hydrogen-bond acceptors (Lipinski definition) is 2. The van der Waals surface area contributed by atoms with Gasteiger partial charge in [0.2, 0.25) is 0 Å². The number of pyridine rings is 2. The summed E-state index contributed by atoms with van der Waals surface area (Å²) < 4.78 is 44.9. The van der Waals surface area contributed by atoms with Crippen molar-refractivity contribution in [2.24, 2.45) is 0 Å². The summed E-state index contributed by atoms with van der Waals surface area (Å²) in [6, 6.07) is 34.9. The molecule has 38 heavy (non-hydrogen) atoms. The first-order chi connectivity index (χ1) is 20.6. The molecule has 0 unspecified atom stereocenters. The van der Waals surface area contributed by atoms with Crippen molar-refractivity contribution in [2.75, 3.05) is 0 Å². The number of benzene rings is 3. The molecule has 3 heteroatoms. The van der Waals surface area contributed by atoms with E-state index < -0.39 is 13.7 Å². The zero-order valence-corrected chi connectivity index (χ0v) is 23.3. The first-order valence-corrected chi connectivity index (χ1v) is 12.5. The monoisotopic (exact) mass is 679 g/mol. The molecule has 1 aliphatic rings. The van der Waals surface area contributed by atoms with Crippen LogP contribution in [0.5, 0.6) is 0 Å². The molecule has 2 heterocycles. The molecule has 0 spiro atoms. The standard InChI is InChI=1S/C22H20N.C13H12N.Ir/c1-2-8-20(9-3-1)22-16-21(14-15-23-22)19-12-10-18(11-13-19)17-6-4-5-7-17;1-10-3-6-12(7-4-10)13-8-5-11(2)9-14-13;/h1-3,8,10-17H,4-7H2;3-6,8-9H,1-2H3;/q2*-1;/i17D;1D2,2D3;. The Morgan fingerprint density at radius 1 is 0.789 bits per heavy atom. The van der Waals surface area contributed by atoms with Crippen molar-refractivity contribution in [1.29, 1.82) is 0 Å². The van der Waals surface area contributed by atoms with E-state index in [4.69, 9.17) is 8.22 Å². The first kappa shape index (κ1) is 20.6. The van der Waals surface area contributed by atoms with Gasteiger partial charge in [-0.3, -0.25) is 0 Å². The van der Waals surface area contributed by atoms with Crippen LogP contribution in [-0.2, 0) is 20.1 Å². The van der Waals surface area contributed by atoms with Crippen molar-refractivity contribution in [1.82, 2.24) is 9.97 Å². The predicted octanol–water partition coefficient (Wildman–Crippen LogP) is 9.04. The summed E-state index contributed by atoms with van der Waals surface area (Å²) in [4.78, 5) is 8.57. The quantitative estimate of drug-likeness (QED) is 0.177. The van der Waals surface area contributed by atoms with Crippen LogP contribution in [0.2, 0.25) is 0 Å². The number of hydrogen-bond donors (Lipinski definition) is 0. The average Bonchev–Trinajstić information content (AvgIpc) is 3.49. The Labute approximate surface area is 249 Å². The van der Waals surface area contributed by atoms with Gasteiger partial charge >= 0.3 is 0 Å². The molecule has 1 saturated carbocycles. The predicted molar refractivity (Wildman–Crippen MR) is 153 cm³/mol. The van der Waals surface area contributed by atoms with Gasteiger partial charge in [-0.1, -0.05) is 62.2 Å². The minimum atomic E-state index is -2.15. The van der Waals surface area contributed by atoms with Crippen molar-refractivity contribution in [2.45, 2.75) is 45.3 Å². The van der Waals surface area contributed by atoms with Gasteiger partial charge in [0.25, 0.3) is 0 Å². The van der Waals surface area contributed by atoms with Crippen molar-refractivity contribution >= 4 is 0 Å². The summed E-state index contributed by atoms with van der Waals surface area (Å²) >= 11 is 0. The summed E-state index contributed by atoms with van der Waals surface area (Å²) in [6.07, 6.45) is 7.49. The summed E-state index contributed by atoms with van der Waals surface area (Å²) in [7, 11) is 0. The molecule has 1 aliphatic carbocycles. The van der Waals surface area contributed by atoms with Crippen molar-refractivity contribution in [3.63, 3.8) is 0 Å². The number of rotatable bonds is 4. The Morgan fingerprint density at radius 2 is 1.61 bits per heavy atom. The van der Waals surface area contributed by atoms with Crippen LogP contribution in [0.15, 0.2) is 103 Å². The zero-order chi connectivity index (χ0) is 30.5. The average molecular weight is 679 g/mol. The molecule has 1 fully saturated rings. The van der Waals surface area contributed by atoms with Gasteiger partial charge in [0.05, 0.1) is 0 Å². The maximum absolute atomic E-state index is 8.63. The zero-order valence-electron chi connectivity index (χ0n) is 26.9. The molecular weight excluding hydrogens is 641 g/mol. The summed E-state index contributed by atoms with van der Waals surface area (Å²) in [5, 5.41) is 0. The SMILES string of the molecule is [2H]C([2H])c1c[c-]c(-c2ccc(C([2H])([2H])[2H])cn2)cc1.[2H]C1(c2ccc(-c3ccnc(-c4[c-]cccc4)c3)cc2)CCCC1.[Ir]. The third-order valence-corrected chi connectivity index (χ3v) is 6.45. The van der Waals surface area contributed by atoms with Gasteiger partial charge in [0.15, 0.2) is 0 Å². The molecule has 0 aliphatic heterocycles. The van der Waals surface area contributed by atoms with Gasteiger partial charge in [0.1, 0.15) is 0 Å². The van der Waals surface area contributed by atoms with Crippen LogP contribution in [0.25, 0.3) is 33.6 Å². The van der Waals surface area contributed by atoms with E-state index in [1.54, 1.807) is 24.3 Å². The Balaban J connectivity index is 0.000000202. The van der Waals surface area contributed by atoms with E-state index in [2.05, 4.69) is 52.4 Å². The molecule has 5 aromatic rings. The Morgan fingerprint density at radius 3 is 2.26 bits per heavy atom. The van der Waals surface area contributed by atoms with E-state index >= 15 is 0 Å². The van der Waals surface area contributed by atoms with Crippen LogP contribution in [-0.4, -0.2) is 9.97 Å². The van der Waals surface area contributed by atoms with E-state index in [1.165, 1.54) is 30.7 Å². The molecule has 6 rings (SSSR count). The molecule has 0 bridgehead atoms. The normalized spacial score (nSPS) is 16.3. The van der Waals surface area contributed by atoms with Gasteiger partial charge < -0.3 is 9.97 Å². The first-order valence-electron chi connectivity index (χ1n) is 15.6. The molecule has 0 saturated heterocycles. The van der Waals surface area contributed by atoms with Gasteiger partial charge in [-0.05, 0) is 65.3 Å². The molecule has 2 nitrogen and oxygen atoms in total. The van der Waals surface area contributed by atoms with Crippen molar-refractivity contribution < 1.29 is 28.3 Å². The van der Waals surface area contributed by atoms with Crippen LogP contribution in [0, 0.1) is 25.9 Å². The van der Waals surface area contributed by atoms with E-state index in [1.807, 2.05) is 36.5 Å². The van der Waals surface area contributed by atoms with E-state index in [0.717, 1.165) is 35.2 Å². The third-order valence-electron chi connectivity index (χ3n) is 6.45. The molecule has 1 radical (unpaired) electrons. The van der Waals surface area contributed by atoms with Crippen LogP contribution in [0.3, 0.4) is 0 Å². The molecule has 0 amide bonds. The molecular formula is C35H32IrN2-2. The van der Waals surface area contributed by atoms with Crippen LogP contribution >= 0.6 is 0 Å². The Hall–Kier alpha value is -3.39. The molecule has 2 aromatic heterocycles. The maximum atomic E-state index is 8.63. The van der Waals surface area contributed by atoms with E-state index in [9.17, 15) is 0 Å². The largest absolute Gasteiger partial charge is 0.305 e. The minimum absolute atomic E-state index is 0. The summed E-state index contributed by atoms with van der Waals surface area (Å²) in [5.74, 6) is -0.374. The van der Waals surface area contributed by atoms with Crippen molar-refractivity contribution in [3.05, 3.63) is 132 Å². The minimum Gasteiger partial charge on any atom is -0.305 e. The summed E-state index contributed by atoms with van der Waals surface area (Å²) in [6.45, 7) is -3.18. The van der Waals surface area contributed by atoms with Crippen LogP contribution in [0.1, 0.15) is 56.5 Å². The fourth-order valence-corrected chi connectivity index (χ4v) is 4.45. The number of nitrogens with zero attached hydrogens (tertiary/aromatic N) is 2. The van der Waals surface area contributed by atoms with Gasteiger partial charge in [-0.15, -0.1) is 71.3 Å². The van der Waals surface area contributed by atoms with E-state index in [-0.39, 0.29) is 31.6 Å². The second kappa shape index (κ2) is 13.4. The molecule has 0 N–H and O–H groups in total.